The number of halogens is 1. The molecule has 0 amide bonds. The van der Waals surface area contributed by atoms with Crippen molar-refractivity contribution in [2.45, 2.75) is 43.9 Å². The zero-order valence-corrected chi connectivity index (χ0v) is 10.3. The lowest BCUT2D eigenvalue weighted by atomic mass is 9.82. The quantitative estimate of drug-likeness (QED) is 0.632. The van der Waals surface area contributed by atoms with Crippen molar-refractivity contribution in [3.63, 3.8) is 0 Å². The number of hydrogen-bond acceptors (Lipinski definition) is 3. The average molecular weight is 250 g/mol. The summed E-state index contributed by atoms with van der Waals surface area (Å²) in [7, 11) is 0. The van der Waals surface area contributed by atoms with Gasteiger partial charge in [-0.2, -0.15) is 0 Å². The van der Waals surface area contributed by atoms with Crippen molar-refractivity contribution in [3.8, 4) is 0 Å². The van der Waals surface area contributed by atoms with E-state index in [2.05, 4.69) is 5.43 Å². The third kappa shape index (κ3) is 2.28. The molecule has 3 N–H and O–H groups in total. The molecule has 2 bridgehead atoms. The minimum absolute atomic E-state index is 0.169. The first-order valence-corrected chi connectivity index (χ1v) is 6.62. The Kier molecular flexibility index (Phi) is 3.33. The molecule has 2 fully saturated rings. The monoisotopic (exact) mass is 250 g/mol. The van der Waals surface area contributed by atoms with Gasteiger partial charge in [0.15, 0.2) is 0 Å². The number of ether oxygens (including phenoxy) is 1. The minimum atomic E-state index is -0.188. The Morgan fingerprint density at radius 1 is 1.44 bits per heavy atom. The summed E-state index contributed by atoms with van der Waals surface area (Å²) in [6.07, 6.45) is 4.91. The van der Waals surface area contributed by atoms with E-state index >= 15 is 0 Å². The number of nitrogens with one attached hydrogen (secondary N) is 1. The molecule has 0 aromatic heterocycles. The van der Waals surface area contributed by atoms with Crippen LogP contribution in [0, 0.1) is 11.7 Å². The molecule has 0 radical (unpaired) electrons. The van der Waals surface area contributed by atoms with Crippen LogP contribution in [-0.2, 0) is 11.2 Å². The van der Waals surface area contributed by atoms with Crippen LogP contribution in [0.4, 0.5) is 4.39 Å². The summed E-state index contributed by atoms with van der Waals surface area (Å²) in [6.45, 7) is 0. The first kappa shape index (κ1) is 12.1. The third-order valence-corrected chi connectivity index (χ3v) is 4.23. The maximum atomic E-state index is 13.2. The molecule has 2 aliphatic heterocycles. The zero-order chi connectivity index (χ0) is 12.5. The first-order valence-electron chi connectivity index (χ1n) is 6.62. The second kappa shape index (κ2) is 4.96. The Bertz CT molecular complexity index is 426. The maximum Gasteiger partial charge on any atom is 0.123 e. The largest absolute Gasteiger partial charge is 0.375 e. The first-order chi connectivity index (χ1) is 8.76. The molecule has 1 aromatic rings. The number of nitrogens with two attached hydrogens (primary N) is 1. The highest BCUT2D eigenvalue weighted by Crippen LogP contribution is 2.40. The fourth-order valence-corrected chi connectivity index (χ4v) is 3.35. The molecule has 2 saturated heterocycles. The van der Waals surface area contributed by atoms with Crippen LogP contribution < -0.4 is 11.3 Å². The average Bonchev–Trinajstić information content (AvgIpc) is 2.98. The third-order valence-electron chi connectivity index (χ3n) is 4.23. The lowest BCUT2D eigenvalue weighted by molar-refractivity contribution is 0.0857. The molecule has 4 heteroatoms. The second-order valence-electron chi connectivity index (χ2n) is 5.38. The fourth-order valence-electron chi connectivity index (χ4n) is 3.35. The fraction of sp³-hybridized carbons (Fsp3) is 0.571. The van der Waals surface area contributed by atoms with Gasteiger partial charge in [0.2, 0.25) is 0 Å². The smallest absolute Gasteiger partial charge is 0.123 e. The molecule has 0 saturated carbocycles. The molecular weight excluding hydrogens is 231 g/mol. The van der Waals surface area contributed by atoms with E-state index in [1.807, 2.05) is 6.07 Å². The molecule has 1 aromatic carbocycles. The van der Waals surface area contributed by atoms with E-state index in [9.17, 15) is 4.39 Å². The summed E-state index contributed by atoms with van der Waals surface area (Å²) in [5, 5.41) is 0. The zero-order valence-electron chi connectivity index (χ0n) is 10.3. The van der Waals surface area contributed by atoms with E-state index in [-0.39, 0.29) is 11.9 Å². The van der Waals surface area contributed by atoms with Crippen molar-refractivity contribution in [2.75, 3.05) is 0 Å². The lowest BCUT2D eigenvalue weighted by Gasteiger charge is -2.28. The van der Waals surface area contributed by atoms with E-state index in [1.165, 1.54) is 12.5 Å². The van der Waals surface area contributed by atoms with Gasteiger partial charge in [0.1, 0.15) is 5.82 Å². The van der Waals surface area contributed by atoms with E-state index in [0.29, 0.717) is 18.1 Å². The van der Waals surface area contributed by atoms with Gasteiger partial charge in [0, 0.05) is 12.0 Å². The van der Waals surface area contributed by atoms with Crippen molar-refractivity contribution in [1.29, 1.82) is 0 Å². The van der Waals surface area contributed by atoms with Crippen LogP contribution in [0.5, 0.6) is 0 Å². The number of hydrazine groups is 1. The van der Waals surface area contributed by atoms with Gasteiger partial charge in [-0.1, -0.05) is 12.1 Å². The van der Waals surface area contributed by atoms with Gasteiger partial charge < -0.3 is 4.74 Å². The number of rotatable bonds is 4. The van der Waals surface area contributed by atoms with E-state index in [4.69, 9.17) is 10.6 Å². The molecular formula is C14H19FN2O. The maximum absolute atomic E-state index is 13.2. The Hall–Kier alpha value is -0.970. The van der Waals surface area contributed by atoms with Gasteiger partial charge in [-0.3, -0.25) is 11.3 Å². The van der Waals surface area contributed by atoms with E-state index in [0.717, 1.165) is 24.8 Å². The van der Waals surface area contributed by atoms with Crippen molar-refractivity contribution in [3.05, 3.63) is 35.6 Å². The van der Waals surface area contributed by atoms with Gasteiger partial charge in [-0.15, -0.1) is 0 Å². The Morgan fingerprint density at radius 3 is 2.94 bits per heavy atom. The van der Waals surface area contributed by atoms with E-state index in [1.54, 1.807) is 12.1 Å². The van der Waals surface area contributed by atoms with E-state index < -0.39 is 0 Å². The standard InChI is InChI=1S/C14H19FN2O/c15-10-3-1-2-9(6-10)7-13(17-16)12-8-11-4-5-14(12)18-11/h1-3,6,11-14,17H,4-5,7-8,16H2. The summed E-state index contributed by atoms with van der Waals surface area (Å²) in [5.41, 5.74) is 3.88. The second-order valence-corrected chi connectivity index (χ2v) is 5.38. The van der Waals surface area contributed by atoms with Gasteiger partial charge in [-0.25, -0.2) is 4.39 Å². The molecule has 2 heterocycles. The van der Waals surface area contributed by atoms with Crippen molar-refractivity contribution in [1.82, 2.24) is 5.43 Å². The van der Waals surface area contributed by atoms with Crippen LogP contribution in [0.15, 0.2) is 24.3 Å². The summed E-state index contributed by atoms with van der Waals surface area (Å²) >= 11 is 0. The molecule has 4 atom stereocenters. The normalized spacial score (nSPS) is 31.8. The molecule has 4 unspecified atom stereocenters. The van der Waals surface area contributed by atoms with Crippen LogP contribution in [0.2, 0.25) is 0 Å². The van der Waals surface area contributed by atoms with Crippen LogP contribution in [-0.4, -0.2) is 18.2 Å². The molecule has 18 heavy (non-hydrogen) atoms. The number of hydrogen-bond donors (Lipinski definition) is 2. The summed E-state index contributed by atoms with van der Waals surface area (Å²) in [6, 6.07) is 6.91. The van der Waals surface area contributed by atoms with Gasteiger partial charge in [0.25, 0.3) is 0 Å². The molecule has 2 aliphatic rings. The van der Waals surface area contributed by atoms with Gasteiger partial charge in [0.05, 0.1) is 12.2 Å². The Balaban J connectivity index is 1.69. The minimum Gasteiger partial charge on any atom is -0.375 e. The molecule has 3 nitrogen and oxygen atoms in total. The molecule has 98 valence electrons. The molecule has 0 aliphatic carbocycles. The predicted molar refractivity (Wildman–Crippen MR) is 67.2 cm³/mol. The van der Waals surface area contributed by atoms with Crippen molar-refractivity contribution >= 4 is 0 Å². The molecule has 0 spiro atoms. The lowest BCUT2D eigenvalue weighted by Crippen LogP contribution is -2.45. The predicted octanol–water partition coefficient (Wildman–Crippen LogP) is 1.77. The van der Waals surface area contributed by atoms with Crippen LogP contribution >= 0.6 is 0 Å². The van der Waals surface area contributed by atoms with Crippen LogP contribution in [0.3, 0.4) is 0 Å². The van der Waals surface area contributed by atoms with Crippen LogP contribution in [0.1, 0.15) is 24.8 Å². The van der Waals surface area contributed by atoms with Crippen LogP contribution in [0.25, 0.3) is 0 Å². The highest BCUT2D eigenvalue weighted by Gasteiger charge is 2.43. The highest BCUT2D eigenvalue weighted by molar-refractivity contribution is 5.18. The highest BCUT2D eigenvalue weighted by atomic mass is 19.1. The van der Waals surface area contributed by atoms with Gasteiger partial charge >= 0.3 is 0 Å². The molecule has 3 rings (SSSR count). The van der Waals surface area contributed by atoms with Crippen molar-refractivity contribution < 1.29 is 9.13 Å². The topological polar surface area (TPSA) is 47.3 Å². The number of fused-ring (bicyclic) bond motifs is 2. The van der Waals surface area contributed by atoms with Gasteiger partial charge in [-0.05, 0) is 43.4 Å². The Morgan fingerprint density at radius 2 is 2.33 bits per heavy atom. The SMILES string of the molecule is NNC(Cc1cccc(F)c1)C1CC2CCC1O2. The van der Waals surface area contributed by atoms with Crippen molar-refractivity contribution in [2.24, 2.45) is 11.8 Å². The summed E-state index contributed by atoms with van der Waals surface area (Å²) in [5.74, 6) is 5.94. The summed E-state index contributed by atoms with van der Waals surface area (Å²) < 4.78 is 19.0. The number of benzene rings is 1. The Labute approximate surface area is 106 Å². The summed E-state index contributed by atoms with van der Waals surface area (Å²) in [4.78, 5) is 0.